The van der Waals surface area contributed by atoms with Crippen LogP contribution in [0.15, 0.2) is 70.1 Å². The average molecular weight is 384 g/mol. The summed E-state index contributed by atoms with van der Waals surface area (Å²) in [6, 6.07) is 18.6. The number of halogens is 1. The van der Waals surface area contributed by atoms with Crippen LogP contribution in [0.1, 0.15) is 5.56 Å². The summed E-state index contributed by atoms with van der Waals surface area (Å²) >= 11 is 3.39. The largest absolute Gasteiger partial charge is 0.368 e. The molecule has 3 rings (SSSR count). The molecule has 1 heterocycles. The maximum atomic E-state index is 12.1. The second-order valence-electron chi connectivity index (χ2n) is 5.65. The minimum atomic E-state index is -0.143. The Morgan fingerprint density at radius 1 is 1.08 bits per heavy atom. The van der Waals surface area contributed by atoms with Gasteiger partial charge in [-0.2, -0.15) is 5.10 Å². The van der Waals surface area contributed by atoms with Gasteiger partial charge in [0, 0.05) is 20.6 Å². The van der Waals surface area contributed by atoms with Gasteiger partial charge < -0.3 is 4.90 Å². The maximum absolute atomic E-state index is 12.1. The lowest BCUT2D eigenvalue weighted by molar-refractivity contribution is 0.698. The molecule has 0 unspecified atom stereocenters. The predicted molar refractivity (Wildman–Crippen MR) is 101 cm³/mol. The summed E-state index contributed by atoms with van der Waals surface area (Å²) in [6.07, 6.45) is 1.70. The summed E-state index contributed by atoms with van der Waals surface area (Å²) in [6.45, 7) is 0.679. The first-order valence-electron chi connectivity index (χ1n) is 7.64. The standard InChI is InChI=1S/C19H18BrN3O/c1-22(17-12-21-23(2)19(24)18(17)20)13-15-10-6-7-11-16(15)14-8-4-3-5-9-14/h3-12H,13H2,1-2H3. The quantitative estimate of drug-likeness (QED) is 0.686. The Balaban J connectivity index is 1.95. The van der Waals surface area contributed by atoms with Gasteiger partial charge in [0.25, 0.3) is 5.56 Å². The van der Waals surface area contributed by atoms with Crippen molar-refractivity contribution in [3.8, 4) is 11.1 Å². The van der Waals surface area contributed by atoms with Crippen molar-refractivity contribution in [2.24, 2.45) is 7.05 Å². The second-order valence-corrected chi connectivity index (χ2v) is 6.44. The molecule has 0 saturated carbocycles. The topological polar surface area (TPSA) is 38.1 Å². The summed E-state index contributed by atoms with van der Waals surface area (Å²) in [4.78, 5) is 14.1. The van der Waals surface area contributed by atoms with E-state index in [0.717, 1.165) is 5.69 Å². The normalized spacial score (nSPS) is 10.6. The number of hydrogen-bond acceptors (Lipinski definition) is 3. The monoisotopic (exact) mass is 383 g/mol. The van der Waals surface area contributed by atoms with E-state index in [0.29, 0.717) is 11.0 Å². The highest BCUT2D eigenvalue weighted by Crippen LogP contribution is 2.27. The van der Waals surface area contributed by atoms with Gasteiger partial charge in [0.2, 0.25) is 0 Å². The molecular formula is C19H18BrN3O. The predicted octanol–water partition coefficient (Wildman–Crippen LogP) is 3.85. The molecule has 2 aromatic carbocycles. The van der Waals surface area contributed by atoms with Gasteiger partial charge in [0.15, 0.2) is 0 Å². The number of nitrogens with zero attached hydrogens (tertiary/aromatic N) is 3. The number of rotatable bonds is 4. The van der Waals surface area contributed by atoms with Crippen LogP contribution in [0.25, 0.3) is 11.1 Å². The number of hydrogen-bond donors (Lipinski definition) is 0. The van der Waals surface area contributed by atoms with Crippen molar-refractivity contribution in [3.63, 3.8) is 0 Å². The molecule has 0 aliphatic carbocycles. The molecule has 3 aromatic rings. The third kappa shape index (κ3) is 3.26. The summed E-state index contributed by atoms with van der Waals surface area (Å²) in [5.74, 6) is 0. The van der Waals surface area contributed by atoms with E-state index in [1.165, 1.54) is 21.4 Å². The van der Waals surface area contributed by atoms with E-state index in [2.05, 4.69) is 45.3 Å². The number of aryl methyl sites for hydroxylation is 1. The van der Waals surface area contributed by atoms with Crippen LogP contribution in [0.2, 0.25) is 0 Å². The summed E-state index contributed by atoms with van der Waals surface area (Å²) in [7, 11) is 3.60. The van der Waals surface area contributed by atoms with Gasteiger partial charge in [-0.1, -0.05) is 54.6 Å². The van der Waals surface area contributed by atoms with E-state index >= 15 is 0 Å². The highest BCUT2D eigenvalue weighted by Gasteiger charge is 2.13. The molecular weight excluding hydrogens is 366 g/mol. The zero-order valence-corrected chi connectivity index (χ0v) is 15.2. The van der Waals surface area contributed by atoms with Crippen LogP contribution in [0.3, 0.4) is 0 Å². The van der Waals surface area contributed by atoms with Crippen molar-refractivity contribution in [3.05, 3.63) is 81.2 Å². The molecule has 0 atom stereocenters. The van der Waals surface area contributed by atoms with Crippen LogP contribution in [0.5, 0.6) is 0 Å². The summed E-state index contributed by atoms with van der Waals surface area (Å²) in [5.41, 5.74) is 4.20. The lowest BCUT2D eigenvalue weighted by atomic mass is 9.99. The molecule has 0 fully saturated rings. The lowest BCUT2D eigenvalue weighted by Gasteiger charge is -2.22. The van der Waals surface area contributed by atoms with Crippen molar-refractivity contribution in [2.75, 3.05) is 11.9 Å². The molecule has 0 amide bonds. The molecule has 0 aliphatic heterocycles. The second kappa shape index (κ2) is 7.01. The van der Waals surface area contributed by atoms with Crippen molar-refractivity contribution in [1.82, 2.24) is 9.78 Å². The van der Waals surface area contributed by atoms with Crippen LogP contribution in [-0.4, -0.2) is 16.8 Å². The molecule has 0 spiro atoms. The van der Waals surface area contributed by atoms with Crippen LogP contribution in [0, 0.1) is 0 Å². The van der Waals surface area contributed by atoms with Crippen molar-refractivity contribution in [2.45, 2.75) is 6.54 Å². The summed E-state index contributed by atoms with van der Waals surface area (Å²) < 4.78 is 1.85. The van der Waals surface area contributed by atoms with Gasteiger partial charge in [0.1, 0.15) is 4.47 Å². The number of benzene rings is 2. The third-order valence-corrected chi connectivity index (χ3v) is 4.73. The first kappa shape index (κ1) is 16.5. The Bertz CT molecular complexity index is 906. The van der Waals surface area contributed by atoms with E-state index in [-0.39, 0.29) is 5.56 Å². The Hall–Kier alpha value is -2.40. The molecule has 0 aliphatic rings. The highest BCUT2D eigenvalue weighted by atomic mass is 79.9. The van der Waals surface area contributed by atoms with Crippen LogP contribution in [-0.2, 0) is 13.6 Å². The van der Waals surface area contributed by atoms with Gasteiger partial charge >= 0.3 is 0 Å². The van der Waals surface area contributed by atoms with Crippen molar-refractivity contribution in [1.29, 1.82) is 0 Å². The zero-order chi connectivity index (χ0) is 17.1. The molecule has 0 radical (unpaired) electrons. The molecule has 0 saturated heterocycles. The Morgan fingerprint density at radius 2 is 1.75 bits per heavy atom. The minimum absolute atomic E-state index is 0.143. The fourth-order valence-electron chi connectivity index (χ4n) is 2.67. The van der Waals surface area contributed by atoms with Crippen LogP contribution >= 0.6 is 15.9 Å². The average Bonchev–Trinajstić information content (AvgIpc) is 2.61. The minimum Gasteiger partial charge on any atom is -0.368 e. The van der Waals surface area contributed by atoms with Gasteiger partial charge in [-0.05, 0) is 32.6 Å². The van der Waals surface area contributed by atoms with Crippen molar-refractivity contribution < 1.29 is 0 Å². The number of anilines is 1. The van der Waals surface area contributed by atoms with Crippen LogP contribution in [0.4, 0.5) is 5.69 Å². The van der Waals surface area contributed by atoms with E-state index in [4.69, 9.17) is 0 Å². The molecule has 24 heavy (non-hydrogen) atoms. The first-order chi connectivity index (χ1) is 11.6. The van der Waals surface area contributed by atoms with E-state index in [1.807, 2.05) is 42.3 Å². The SMILES string of the molecule is CN(Cc1ccccc1-c1ccccc1)c1cnn(C)c(=O)c1Br. The van der Waals surface area contributed by atoms with Gasteiger partial charge in [-0.3, -0.25) is 4.79 Å². The fourth-order valence-corrected chi connectivity index (χ4v) is 3.33. The molecule has 5 heteroatoms. The van der Waals surface area contributed by atoms with E-state index in [9.17, 15) is 4.79 Å². The smallest absolute Gasteiger partial charge is 0.282 e. The van der Waals surface area contributed by atoms with Gasteiger partial charge in [-0.15, -0.1) is 0 Å². The lowest BCUT2D eigenvalue weighted by Crippen LogP contribution is -2.25. The third-order valence-electron chi connectivity index (χ3n) is 3.98. The molecule has 4 nitrogen and oxygen atoms in total. The Morgan fingerprint density at radius 3 is 2.50 bits per heavy atom. The van der Waals surface area contributed by atoms with Crippen molar-refractivity contribution >= 4 is 21.6 Å². The van der Waals surface area contributed by atoms with Gasteiger partial charge in [-0.25, -0.2) is 4.68 Å². The molecule has 0 N–H and O–H groups in total. The summed E-state index contributed by atoms with van der Waals surface area (Å²) in [5, 5.41) is 4.12. The molecule has 122 valence electrons. The molecule has 0 bridgehead atoms. The van der Waals surface area contributed by atoms with E-state index in [1.54, 1.807) is 13.2 Å². The van der Waals surface area contributed by atoms with Gasteiger partial charge in [0.05, 0.1) is 11.9 Å². The highest BCUT2D eigenvalue weighted by molar-refractivity contribution is 9.10. The number of aromatic nitrogens is 2. The zero-order valence-electron chi connectivity index (χ0n) is 13.6. The fraction of sp³-hybridized carbons (Fsp3) is 0.158. The first-order valence-corrected chi connectivity index (χ1v) is 8.43. The molecule has 1 aromatic heterocycles. The Kier molecular flexibility index (Phi) is 4.81. The maximum Gasteiger partial charge on any atom is 0.282 e. The Labute approximate surface area is 149 Å². The van der Waals surface area contributed by atoms with E-state index < -0.39 is 0 Å². The van der Waals surface area contributed by atoms with Crippen LogP contribution < -0.4 is 10.5 Å².